The number of hydrogen-bond acceptors (Lipinski definition) is 6. The molecule has 0 radical (unpaired) electrons. The molecule has 0 N–H and O–H groups in total. The number of methoxy groups -OCH3 is 3. The maximum atomic E-state index is 5.64. The van der Waals surface area contributed by atoms with Gasteiger partial charge in [0.05, 0.1) is 6.61 Å². The molecule has 15 heavy (non-hydrogen) atoms. The Kier molecular flexibility index (Phi) is 3.55. The van der Waals surface area contributed by atoms with E-state index in [9.17, 15) is 0 Å². The van der Waals surface area contributed by atoms with Crippen molar-refractivity contribution in [1.82, 2.24) is 0 Å². The fraction of sp³-hybridized carbons (Fsp3) is 1.00. The smallest absolute Gasteiger partial charge is 0.211 e. The predicted molar refractivity (Wildman–Crippen MR) is 48.1 cm³/mol. The Morgan fingerprint density at radius 2 is 1.60 bits per heavy atom. The van der Waals surface area contributed by atoms with Crippen LogP contribution in [-0.4, -0.2) is 59.0 Å². The Morgan fingerprint density at radius 3 is 2.20 bits per heavy atom. The minimum atomic E-state index is -0.563. The summed E-state index contributed by atoms with van der Waals surface area (Å²) in [5.74, 6) is 0. The highest BCUT2D eigenvalue weighted by molar-refractivity contribution is 4.84. The minimum absolute atomic E-state index is 0.120. The molecule has 5 atom stereocenters. The van der Waals surface area contributed by atoms with E-state index in [1.807, 2.05) is 0 Å². The summed E-state index contributed by atoms with van der Waals surface area (Å²) in [6, 6.07) is 0. The van der Waals surface area contributed by atoms with E-state index in [0.29, 0.717) is 6.61 Å². The first-order valence-electron chi connectivity index (χ1n) is 4.81. The summed E-state index contributed by atoms with van der Waals surface area (Å²) < 4.78 is 31.9. The van der Waals surface area contributed by atoms with Gasteiger partial charge in [-0.05, 0) is 0 Å². The molecular formula is C9H16O6. The van der Waals surface area contributed by atoms with Crippen LogP contribution in [0.3, 0.4) is 0 Å². The second-order valence-corrected chi connectivity index (χ2v) is 3.42. The van der Waals surface area contributed by atoms with Crippen LogP contribution >= 0.6 is 0 Å². The van der Waals surface area contributed by atoms with Crippen LogP contribution in [0.2, 0.25) is 0 Å². The molecule has 0 aromatic carbocycles. The fourth-order valence-corrected chi connectivity index (χ4v) is 1.77. The van der Waals surface area contributed by atoms with Crippen molar-refractivity contribution >= 4 is 0 Å². The maximum Gasteiger partial charge on any atom is 0.211 e. The lowest BCUT2D eigenvalue weighted by atomic mass is 10.2. The Bertz CT molecular complexity index is 211. The quantitative estimate of drug-likeness (QED) is 0.652. The first kappa shape index (κ1) is 11.3. The van der Waals surface area contributed by atoms with Gasteiger partial charge in [-0.15, -0.1) is 0 Å². The summed E-state index contributed by atoms with van der Waals surface area (Å²) >= 11 is 0. The minimum Gasteiger partial charge on any atom is -0.376 e. The maximum absolute atomic E-state index is 5.64. The highest BCUT2D eigenvalue weighted by atomic mass is 16.8. The second kappa shape index (κ2) is 4.73. The topological polar surface area (TPSA) is 55.4 Å². The molecule has 2 rings (SSSR count). The molecule has 0 spiro atoms. The van der Waals surface area contributed by atoms with Crippen LogP contribution < -0.4 is 0 Å². The molecule has 0 aromatic rings. The fourth-order valence-electron chi connectivity index (χ4n) is 1.77. The molecule has 2 aliphatic heterocycles. The van der Waals surface area contributed by atoms with Gasteiger partial charge in [0.2, 0.25) is 12.6 Å². The molecule has 2 fully saturated rings. The van der Waals surface area contributed by atoms with E-state index in [2.05, 4.69) is 0 Å². The Morgan fingerprint density at radius 1 is 0.933 bits per heavy atom. The van der Waals surface area contributed by atoms with Gasteiger partial charge >= 0.3 is 0 Å². The molecule has 0 bridgehead atoms. The van der Waals surface area contributed by atoms with Crippen LogP contribution in [-0.2, 0) is 28.4 Å². The van der Waals surface area contributed by atoms with Gasteiger partial charge in [-0.25, -0.2) is 0 Å². The normalized spacial score (nSPS) is 45.4. The molecule has 0 aliphatic carbocycles. The van der Waals surface area contributed by atoms with Crippen LogP contribution in [0.4, 0.5) is 0 Å². The summed E-state index contributed by atoms with van der Waals surface area (Å²) in [7, 11) is 4.69. The molecule has 2 saturated heterocycles. The van der Waals surface area contributed by atoms with E-state index in [1.165, 1.54) is 14.2 Å². The van der Waals surface area contributed by atoms with Crippen LogP contribution in [0.1, 0.15) is 0 Å². The first-order valence-corrected chi connectivity index (χ1v) is 4.81. The molecule has 0 amide bonds. The van der Waals surface area contributed by atoms with E-state index in [-0.39, 0.29) is 12.2 Å². The highest BCUT2D eigenvalue weighted by Gasteiger charge is 2.48. The average molecular weight is 220 g/mol. The summed E-state index contributed by atoms with van der Waals surface area (Å²) in [4.78, 5) is 0. The van der Waals surface area contributed by atoms with Crippen molar-refractivity contribution in [3.8, 4) is 0 Å². The third-order valence-corrected chi connectivity index (χ3v) is 2.61. The van der Waals surface area contributed by atoms with Gasteiger partial charge < -0.3 is 28.4 Å². The van der Waals surface area contributed by atoms with Gasteiger partial charge in [-0.3, -0.25) is 0 Å². The second-order valence-electron chi connectivity index (χ2n) is 3.42. The van der Waals surface area contributed by atoms with E-state index in [0.717, 1.165) is 0 Å². The van der Waals surface area contributed by atoms with Crippen molar-refractivity contribution in [2.75, 3.05) is 27.9 Å². The van der Waals surface area contributed by atoms with E-state index < -0.39 is 18.9 Å². The van der Waals surface area contributed by atoms with Crippen molar-refractivity contribution < 1.29 is 28.4 Å². The number of ether oxygens (including phenoxy) is 6. The molecule has 6 heteroatoms. The van der Waals surface area contributed by atoms with Gasteiger partial charge in [0.25, 0.3) is 0 Å². The number of hydrogen-bond donors (Lipinski definition) is 0. The molecule has 0 aromatic heterocycles. The lowest BCUT2D eigenvalue weighted by molar-refractivity contribution is -0.379. The summed E-state index contributed by atoms with van der Waals surface area (Å²) in [5.41, 5.74) is 0. The van der Waals surface area contributed by atoms with Crippen LogP contribution in [0.25, 0.3) is 0 Å². The van der Waals surface area contributed by atoms with Crippen molar-refractivity contribution in [2.24, 2.45) is 0 Å². The first-order chi connectivity index (χ1) is 7.30. The number of fused-ring (bicyclic) bond motifs is 1. The summed E-state index contributed by atoms with van der Waals surface area (Å²) in [6.45, 7) is 0.457. The third kappa shape index (κ3) is 2.01. The Hall–Kier alpha value is -0.240. The van der Waals surface area contributed by atoms with E-state index in [4.69, 9.17) is 28.4 Å². The summed E-state index contributed by atoms with van der Waals surface area (Å²) in [6.07, 6.45) is -1.93. The summed E-state index contributed by atoms with van der Waals surface area (Å²) in [5, 5.41) is 0. The molecule has 2 aliphatic rings. The molecule has 0 saturated carbocycles. The van der Waals surface area contributed by atoms with Crippen molar-refractivity contribution in [1.29, 1.82) is 0 Å². The molecule has 0 unspecified atom stereocenters. The van der Waals surface area contributed by atoms with Gasteiger partial charge in [0.1, 0.15) is 12.2 Å². The van der Waals surface area contributed by atoms with Crippen molar-refractivity contribution in [3.05, 3.63) is 0 Å². The van der Waals surface area contributed by atoms with Crippen LogP contribution in [0.5, 0.6) is 0 Å². The van der Waals surface area contributed by atoms with Crippen LogP contribution in [0, 0.1) is 0 Å². The van der Waals surface area contributed by atoms with Gasteiger partial charge in [-0.2, -0.15) is 0 Å². The predicted octanol–water partition coefficient (Wildman–Crippen LogP) is -0.282. The van der Waals surface area contributed by atoms with E-state index in [1.54, 1.807) is 7.11 Å². The lowest BCUT2D eigenvalue weighted by Crippen LogP contribution is -2.52. The van der Waals surface area contributed by atoms with Gasteiger partial charge in [-0.1, -0.05) is 0 Å². The molecule has 6 nitrogen and oxygen atoms in total. The Balaban J connectivity index is 2.02. The zero-order valence-corrected chi connectivity index (χ0v) is 9.04. The van der Waals surface area contributed by atoms with E-state index >= 15 is 0 Å². The van der Waals surface area contributed by atoms with Gasteiger partial charge in [0.15, 0.2) is 6.29 Å². The average Bonchev–Trinajstić information content (AvgIpc) is 2.68. The van der Waals surface area contributed by atoms with Crippen molar-refractivity contribution in [3.63, 3.8) is 0 Å². The SMILES string of the molecule is CO[C@@H]1O[C@@H]2OC[C@@H](OC)[C@@H]2O[C@@H]1OC. The highest BCUT2D eigenvalue weighted by Crippen LogP contribution is 2.30. The molecule has 88 valence electrons. The van der Waals surface area contributed by atoms with Gasteiger partial charge in [0, 0.05) is 21.3 Å². The molecular weight excluding hydrogens is 204 g/mol. The van der Waals surface area contributed by atoms with Crippen molar-refractivity contribution in [2.45, 2.75) is 31.1 Å². The third-order valence-electron chi connectivity index (χ3n) is 2.61. The zero-order valence-electron chi connectivity index (χ0n) is 9.04. The van der Waals surface area contributed by atoms with Crippen LogP contribution in [0.15, 0.2) is 0 Å². The zero-order chi connectivity index (χ0) is 10.8. The molecule has 2 heterocycles. The standard InChI is InChI=1S/C9H16O6/c1-10-5-4-13-7-6(5)14-8(11-2)9(12-3)15-7/h5-9H,4H2,1-3H3/t5-,6+,7+,8+,9-/m1/s1. The lowest BCUT2D eigenvalue weighted by Gasteiger charge is -2.37. The Labute approximate surface area is 88.3 Å². The monoisotopic (exact) mass is 220 g/mol. The largest absolute Gasteiger partial charge is 0.376 e. The number of rotatable bonds is 3.